The second-order valence-electron chi connectivity index (χ2n) is 7.30. The lowest BCUT2D eigenvalue weighted by molar-refractivity contribution is -0.141. The van der Waals surface area contributed by atoms with Gasteiger partial charge in [0.25, 0.3) is 5.91 Å². The Morgan fingerprint density at radius 1 is 1.27 bits per heavy atom. The fourth-order valence-electron chi connectivity index (χ4n) is 3.15. The zero-order chi connectivity index (χ0) is 22.1. The molecule has 0 aliphatic heterocycles. The Morgan fingerprint density at radius 3 is 2.50 bits per heavy atom. The molecule has 0 radical (unpaired) electrons. The van der Waals surface area contributed by atoms with Gasteiger partial charge in [0.05, 0.1) is 29.1 Å². The molecule has 2 aromatic heterocycles. The van der Waals surface area contributed by atoms with Gasteiger partial charge in [0.2, 0.25) is 0 Å². The number of aromatic nitrogens is 3. The number of carbonyl (C=O) groups is 1. The quantitative estimate of drug-likeness (QED) is 0.619. The van der Waals surface area contributed by atoms with Crippen LogP contribution in [0.5, 0.6) is 0 Å². The van der Waals surface area contributed by atoms with Crippen molar-refractivity contribution < 1.29 is 18.0 Å². The predicted octanol–water partition coefficient (Wildman–Crippen LogP) is 4.40. The summed E-state index contributed by atoms with van der Waals surface area (Å²) >= 11 is 0. The number of rotatable bonds is 5. The van der Waals surface area contributed by atoms with E-state index in [0.29, 0.717) is 27.9 Å². The number of amides is 1. The van der Waals surface area contributed by atoms with Crippen LogP contribution in [0, 0.1) is 18.3 Å². The van der Waals surface area contributed by atoms with Crippen molar-refractivity contribution in [3.8, 4) is 6.07 Å². The number of halogens is 3. The molecule has 156 valence electrons. The predicted molar refractivity (Wildman–Crippen MR) is 105 cm³/mol. The van der Waals surface area contributed by atoms with Gasteiger partial charge in [0.15, 0.2) is 5.65 Å². The van der Waals surface area contributed by atoms with E-state index in [1.54, 1.807) is 17.8 Å². The molecule has 2 heterocycles. The fourth-order valence-corrected chi connectivity index (χ4v) is 3.15. The first-order chi connectivity index (χ1) is 14.1. The lowest BCUT2D eigenvalue weighted by Crippen LogP contribution is -2.38. The average molecular weight is 415 g/mol. The average Bonchev–Trinajstić information content (AvgIpc) is 3.08. The molecule has 0 spiro atoms. The number of hydrogen-bond donors (Lipinski definition) is 0. The number of nitrogens with zero attached hydrogens (tertiary/aromatic N) is 5. The molecular weight excluding hydrogens is 395 g/mol. The molecule has 0 saturated heterocycles. The molecule has 0 fully saturated rings. The van der Waals surface area contributed by atoms with Gasteiger partial charge in [-0.15, -0.1) is 0 Å². The summed E-state index contributed by atoms with van der Waals surface area (Å²) in [5.41, 5.74) is 1.89. The zero-order valence-electron chi connectivity index (χ0n) is 16.7. The van der Waals surface area contributed by atoms with Gasteiger partial charge in [-0.3, -0.25) is 4.79 Å². The summed E-state index contributed by atoms with van der Waals surface area (Å²) in [6.07, 6.45) is -3.01. The lowest BCUT2D eigenvalue weighted by Gasteiger charge is -2.25. The Kier molecular flexibility index (Phi) is 5.78. The van der Waals surface area contributed by atoms with Crippen LogP contribution in [-0.4, -0.2) is 38.3 Å². The summed E-state index contributed by atoms with van der Waals surface area (Å²) in [5, 5.41) is 13.7. The van der Waals surface area contributed by atoms with Gasteiger partial charge in [-0.25, -0.2) is 9.67 Å². The Balaban J connectivity index is 1.97. The van der Waals surface area contributed by atoms with Crippen molar-refractivity contribution >= 4 is 16.9 Å². The molecular formula is C21H20F3N5O. The Bertz CT molecular complexity index is 1110. The molecule has 3 rings (SSSR count). The number of hydrogen-bond acceptors (Lipinski definition) is 4. The summed E-state index contributed by atoms with van der Waals surface area (Å²) < 4.78 is 41.2. The molecule has 3 aromatic rings. The lowest BCUT2D eigenvalue weighted by atomic mass is 10.1. The van der Waals surface area contributed by atoms with Crippen LogP contribution in [0.25, 0.3) is 11.0 Å². The highest BCUT2D eigenvalue weighted by molar-refractivity contribution is 5.98. The van der Waals surface area contributed by atoms with Gasteiger partial charge in [0.1, 0.15) is 6.54 Å². The Labute approximate surface area is 171 Å². The van der Waals surface area contributed by atoms with Crippen LogP contribution >= 0.6 is 0 Å². The van der Waals surface area contributed by atoms with E-state index in [2.05, 4.69) is 10.1 Å². The van der Waals surface area contributed by atoms with Crippen molar-refractivity contribution in [1.82, 2.24) is 19.7 Å². The standard InChI is InChI=1S/C21H20F3N5O/c1-13(2)29-19-17(10-26-29)8-18(14(3)27-19)20(30)28(12-21(22,23)24)11-16-6-4-15(9-25)5-7-16/h4-8,10,13H,11-12H2,1-3H3. The smallest absolute Gasteiger partial charge is 0.325 e. The van der Waals surface area contributed by atoms with Gasteiger partial charge in [-0.05, 0) is 44.5 Å². The van der Waals surface area contributed by atoms with Crippen molar-refractivity contribution in [3.63, 3.8) is 0 Å². The van der Waals surface area contributed by atoms with Crippen LogP contribution < -0.4 is 0 Å². The van der Waals surface area contributed by atoms with Crippen molar-refractivity contribution in [2.24, 2.45) is 0 Å². The summed E-state index contributed by atoms with van der Waals surface area (Å²) in [5.74, 6) is -0.763. The van der Waals surface area contributed by atoms with E-state index in [1.165, 1.54) is 30.3 Å². The minimum atomic E-state index is -4.56. The van der Waals surface area contributed by atoms with Crippen LogP contribution in [-0.2, 0) is 6.54 Å². The Morgan fingerprint density at radius 2 is 1.93 bits per heavy atom. The van der Waals surface area contributed by atoms with E-state index >= 15 is 0 Å². The van der Waals surface area contributed by atoms with Crippen molar-refractivity contribution in [2.75, 3.05) is 6.54 Å². The molecule has 1 amide bonds. The highest BCUT2D eigenvalue weighted by Crippen LogP contribution is 2.24. The van der Waals surface area contributed by atoms with Crippen molar-refractivity contribution in [3.05, 3.63) is 58.9 Å². The molecule has 0 atom stereocenters. The molecule has 30 heavy (non-hydrogen) atoms. The summed E-state index contributed by atoms with van der Waals surface area (Å²) in [6, 6.07) is 9.62. The topological polar surface area (TPSA) is 74.8 Å². The van der Waals surface area contributed by atoms with E-state index in [1.807, 2.05) is 19.9 Å². The zero-order valence-corrected chi connectivity index (χ0v) is 16.7. The third-order valence-electron chi connectivity index (χ3n) is 4.59. The van der Waals surface area contributed by atoms with E-state index < -0.39 is 18.6 Å². The van der Waals surface area contributed by atoms with E-state index in [9.17, 15) is 18.0 Å². The highest BCUT2D eigenvalue weighted by atomic mass is 19.4. The van der Waals surface area contributed by atoms with Gasteiger partial charge < -0.3 is 4.90 Å². The van der Waals surface area contributed by atoms with Gasteiger partial charge in [-0.2, -0.15) is 23.5 Å². The number of aryl methyl sites for hydroxylation is 1. The number of fused-ring (bicyclic) bond motifs is 1. The van der Waals surface area contributed by atoms with Crippen LogP contribution in [0.15, 0.2) is 36.5 Å². The van der Waals surface area contributed by atoms with Gasteiger partial charge in [0, 0.05) is 18.0 Å². The number of benzene rings is 1. The van der Waals surface area contributed by atoms with Gasteiger partial charge in [-0.1, -0.05) is 12.1 Å². The number of nitriles is 1. The minimum Gasteiger partial charge on any atom is -0.325 e. The maximum Gasteiger partial charge on any atom is 0.406 e. The molecule has 6 nitrogen and oxygen atoms in total. The first-order valence-electron chi connectivity index (χ1n) is 9.29. The largest absolute Gasteiger partial charge is 0.406 e. The number of pyridine rings is 1. The van der Waals surface area contributed by atoms with Crippen molar-refractivity contribution in [2.45, 2.75) is 39.5 Å². The molecule has 0 unspecified atom stereocenters. The van der Waals surface area contributed by atoms with Crippen LogP contribution in [0.4, 0.5) is 13.2 Å². The minimum absolute atomic E-state index is 0.0501. The van der Waals surface area contributed by atoms with Crippen LogP contribution in [0.3, 0.4) is 0 Å². The molecule has 0 bridgehead atoms. The molecule has 0 aliphatic carbocycles. The third-order valence-corrected chi connectivity index (χ3v) is 4.59. The molecule has 0 saturated carbocycles. The van der Waals surface area contributed by atoms with Crippen LogP contribution in [0.1, 0.15) is 47.1 Å². The maximum absolute atomic E-state index is 13.2. The van der Waals surface area contributed by atoms with E-state index in [-0.39, 0.29) is 18.2 Å². The molecule has 0 N–H and O–H groups in total. The summed E-state index contributed by atoms with van der Waals surface area (Å²) in [7, 11) is 0. The fraction of sp³-hybridized carbons (Fsp3) is 0.333. The first kappa shape index (κ1) is 21.3. The second-order valence-corrected chi connectivity index (χ2v) is 7.30. The molecule has 9 heteroatoms. The van der Waals surface area contributed by atoms with Crippen LogP contribution in [0.2, 0.25) is 0 Å². The summed E-state index contributed by atoms with van der Waals surface area (Å²) in [6.45, 7) is 3.83. The van der Waals surface area contributed by atoms with Gasteiger partial charge >= 0.3 is 6.18 Å². The first-order valence-corrected chi connectivity index (χ1v) is 9.29. The Hall–Kier alpha value is -3.41. The molecule has 1 aromatic carbocycles. The SMILES string of the molecule is Cc1nc2c(cnn2C(C)C)cc1C(=O)N(Cc1ccc(C#N)cc1)CC(F)(F)F. The highest BCUT2D eigenvalue weighted by Gasteiger charge is 2.34. The van der Waals surface area contributed by atoms with E-state index in [4.69, 9.17) is 5.26 Å². The maximum atomic E-state index is 13.2. The number of carbonyl (C=O) groups excluding carboxylic acids is 1. The second kappa shape index (κ2) is 8.14. The summed E-state index contributed by atoms with van der Waals surface area (Å²) in [4.78, 5) is 18.2. The third kappa shape index (κ3) is 4.59. The van der Waals surface area contributed by atoms with Crippen molar-refractivity contribution in [1.29, 1.82) is 5.26 Å². The monoisotopic (exact) mass is 415 g/mol. The normalized spacial score (nSPS) is 11.7. The van der Waals surface area contributed by atoms with E-state index in [0.717, 1.165) is 4.90 Å². The number of alkyl halides is 3. The molecule has 0 aliphatic rings.